The number of halogens is 1. The Morgan fingerprint density at radius 2 is 2.20 bits per heavy atom. The first-order valence-electron chi connectivity index (χ1n) is 5.94. The van der Waals surface area contributed by atoms with Crippen molar-refractivity contribution in [3.8, 4) is 5.69 Å². The summed E-state index contributed by atoms with van der Waals surface area (Å²) in [5.41, 5.74) is 0.798. The molecule has 1 aromatic heterocycles. The normalized spacial score (nSPS) is 13.2. The van der Waals surface area contributed by atoms with E-state index in [2.05, 4.69) is 15.4 Å². The molecule has 1 unspecified atom stereocenters. The molecule has 0 spiro atoms. The number of nitrogens with zero attached hydrogens (tertiary/aromatic N) is 3. The molecule has 0 saturated carbocycles. The summed E-state index contributed by atoms with van der Waals surface area (Å²) >= 11 is 0. The summed E-state index contributed by atoms with van der Waals surface area (Å²) < 4.78 is 37.6. The summed E-state index contributed by atoms with van der Waals surface area (Å²) in [6.45, 7) is 1.73. The van der Waals surface area contributed by atoms with Gasteiger partial charge in [-0.1, -0.05) is 0 Å². The Hall–Kier alpha value is -1.96. The zero-order valence-corrected chi connectivity index (χ0v) is 11.9. The molecule has 108 valence electrons. The van der Waals surface area contributed by atoms with Crippen molar-refractivity contribution in [2.45, 2.75) is 13.0 Å². The molecule has 0 amide bonds. The fourth-order valence-electron chi connectivity index (χ4n) is 1.90. The molecular formula is C12H15FN4O2S. The van der Waals surface area contributed by atoms with Gasteiger partial charge in [0, 0.05) is 18.0 Å². The van der Waals surface area contributed by atoms with Gasteiger partial charge < -0.3 is 5.32 Å². The maximum absolute atomic E-state index is 14.0. The Morgan fingerprint density at radius 3 is 2.75 bits per heavy atom. The number of aromatic nitrogens is 3. The van der Waals surface area contributed by atoms with E-state index < -0.39 is 15.7 Å². The van der Waals surface area contributed by atoms with Crippen molar-refractivity contribution in [2.75, 3.05) is 17.3 Å². The Bertz CT molecular complexity index is 685. The Morgan fingerprint density at radius 1 is 1.45 bits per heavy atom. The number of sulfone groups is 1. The van der Waals surface area contributed by atoms with E-state index in [-0.39, 0.29) is 17.5 Å². The van der Waals surface area contributed by atoms with Crippen LogP contribution in [-0.4, -0.2) is 41.2 Å². The molecule has 1 aromatic carbocycles. The van der Waals surface area contributed by atoms with E-state index in [1.807, 2.05) is 0 Å². The van der Waals surface area contributed by atoms with Crippen LogP contribution in [0.5, 0.6) is 0 Å². The lowest BCUT2D eigenvalue weighted by atomic mass is 10.2. The zero-order chi connectivity index (χ0) is 14.8. The third-order valence-corrected chi connectivity index (χ3v) is 3.68. The van der Waals surface area contributed by atoms with Gasteiger partial charge >= 0.3 is 0 Å². The van der Waals surface area contributed by atoms with Crippen molar-refractivity contribution in [1.29, 1.82) is 0 Å². The number of hydrogen-bond donors (Lipinski definition) is 1. The Labute approximate surface area is 116 Å². The summed E-state index contributed by atoms with van der Waals surface area (Å²) in [6.07, 6.45) is 3.89. The van der Waals surface area contributed by atoms with Crippen molar-refractivity contribution in [3.05, 3.63) is 36.7 Å². The molecule has 0 bridgehead atoms. The minimum Gasteiger partial charge on any atom is -0.381 e. The van der Waals surface area contributed by atoms with Gasteiger partial charge in [0.25, 0.3) is 0 Å². The van der Waals surface area contributed by atoms with Crippen molar-refractivity contribution in [1.82, 2.24) is 14.8 Å². The van der Waals surface area contributed by atoms with E-state index in [4.69, 9.17) is 0 Å². The average molecular weight is 298 g/mol. The maximum atomic E-state index is 14.0. The highest BCUT2D eigenvalue weighted by atomic mass is 32.2. The third kappa shape index (κ3) is 3.77. The molecule has 0 aliphatic rings. The van der Waals surface area contributed by atoms with Crippen LogP contribution < -0.4 is 5.32 Å². The monoisotopic (exact) mass is 298 g/mol. The number of benzene rings is 1. The van der Waals surface area contributed by atoms with E-state index in [0.717, 1.165) is 0 Å². The van der Waals surface area contributed by atoms with Crippen LogP contribution in [0.25, 0.3) is 5.69 Å². The second kappa shape index (κ2) is 5.58. The summed E-state index contributed by atoms with van der Waals surface area (Å²) in [6, 6.07) is 4.22. The van der Waals surface area contributed by atoms with Gasteiger partial charge in [-0.15, -0.1) is 0 Å². The predicted molar refractivity (Wildman–Crippen MR) is 74.1 cm³/mol. The molecule has 0 aliphatic heterocycles. The van der Waals surface area contributed by atoms with Gasteiger partial charge in [-0.25, -0.2) is 22.5 Å². The lowest BCUT2D eigenvalue weighted by Crippen LogP contribution is -2.25. The Kier molecular flexibility index (Phi) is 4.03. The lowest BCUT2D eigenvalue weighted by molar-refractivity contribution is 0.598. The van der Waals surface area contributed by atoms with Crippen molar-refractivity contribution in [3.63, 3.8) is 0 Å². The molecule has 1 atom stereocenters. The molecule has 0 aliphatic carbocycles. The minimum atomic E-state index is -3.08. The van der Waals surface area contributed by atoms with Crippen LogP contribution in [0.3, 0.4) is 0 Å². The molecule has 2 rings (SSSR count). The van der Waals surface area contributed by atoms with Crippen molar-refractivity contribution in [2.24, 2.45) is 0 Å². The number of hydrogen-bond acceptors (Lipinski definition) is 5. The van der Waals surface area contributed by atoms with Crippen molar-refractivity contribution >= 4 is 15.5 Å². The first-order chi connectivity index (χ1) is 9.35. The predicted octanol–water partition coefficient (Wildman–Crippen LogP) is 1.25. The van der Waals surface area contributed by atoms with Gasteiger partial charge in [0.2, 0.25) is 0 Å². The van der Waals surface area contributed by atoms with Gasteiger partial charge in [-0.3, -0.25) is 0 Å². The smallest absolute Gasteiger partial charge is 0.150 e. The second-order valence-electron chi connectivity index (χ2n) is 4.64. The highest BCUT2D eigenvalue weighted by Crippen LogP contribution is 2.18. The van der Waals surface area contributed by atoms with Gasteiger partial charge in [0.05, 0.1) is 5.75 Å². The quantitative estimate of drug-likeness (QED) is 0.899. The van der Waals surface area contributed by atoms with Gasteiger partial charge in [0.1, 0.15) is 28.2 Å². The average Bonchev–Trinajstić information content (AvgIpc) is 2.79. The van der Waals surface area contributed by atoms with Crippen LogP contribution >= 0.6 is 0 Å². The fourth-order valence-corrected chi connectivity index (χ4v) is 2.89. The second-order valence-corrected chi connectivity index (χ2v) is 6.83. The molecule has 6 nitrogen and oxygen atoms in total. The van der Waals surface area contributed by atoms with Crippen LogP contribution in [0.1, 0.15) is 6.92 Å². The van der Waals surface area contributed by atoms with Gasteiger partial charge in [-0.2, -0.15) is 5.10 Å². The highest BCUT2D eigenvalue weighted by Gasteiger charge is 2.12. The number of rotatable bonds is 5. The summed E-state index contributed by atoms with van der Waals surface area (Å²) in [5, 5.41) is 6.80. The first-order valence-corrected chi connectivity index (χ1v) is 8.00. The molecule has 0 saturated heterocycles. The van der Waals surface area contributed by atoms with Gasteiger partial charge in [0.15, 0.2) is 5.82 Å². The molecule has 8 heteroatoms. The van der Waals surface area contributed by atoms with E-state index in [0.29, 0.717) is 5.69 Å². The molecule has 2 aromatic rings. The topological polar surface area (TPSA) is 76.9 Å². The summed E-state index contributed by atoms with van der Waals surface area (Å²) in [7, 11) is -3.08. The van der Waals surface area contributed by atoms with Crippen LogP contribution in [0.15, 0.2) is 30.9 Å². The highest BCUT2D eigenvalue weighted by molar-refractivity contribution is 7.90. The molecule has 1 N–H and O–H groups in total. The van der Waals surface area contributed by atoms with E-state index in [1.165, 1.54) is 29.7 Å². The van der Waals surface area contributed by atoms with Crippen LogP contribution in [-0.2, 0) is 9.84 Å². The van der Waals surface area contributed by atoms with E-state index in [1.54, 1.807) is 19.1 Å². The SMILES string of the molecule is CC(CS(C)(=O)=O)Nc1ccc(-n2cncn2)c(F)c1. The van der Waals surface area contributed by atoms with E-state index >= 15 is 0 Å². The molecule has 0 radical (unpaired) electrons. The lowest BCUT2D eigenvalue weighted by Gasteiger charge is -2.15. The van der Waals surface area contributed by atoms with Crippen LogP contribution in [0.2, 0.25) is 0 Å². The largest absolute Gasteiger partial charge is 0.381 e. The zero-order valence-electron chi connectivity index (χ0n) is 11.1. The minimum absolute atomic E-state index is 0.0144. The van der Waals surface area contributed by atoms with Gasteiger partial charge in [-0.05, 0) is 25.1 Å². The number of nitrogens with one attached hydrogen (secondary N) is 1. The van der Waals surface area contributed by atoms with Crippen molar-refractivity contribution < 1.29 is 12.8 Å². The first kappa shape index (κ1) is 14.4. The molecule has 1 heterocycles. The standard InChI is InChI=1S/C12H15FN4O2S/c1-9(6-20(2,18)19)16-10-3-4-12(11(13)5-10)17-8-14-7-15-17/h3-5,7-9,16H,6H2,1-2H3. The summed E-state index contributed by atoms with van der Waals surface area (Å²) in [5.74, 6) is -0.480. The summed E-state index contributed by atoms with van der Waals surface area (Å²) in [4.78, 5) is 3.75. The molecule has 0 fully saturated rings. The third-order valence-electron chi connectivity index (χ3n) is 2.58. The van der Waals surface area contributed by atoms with E-state index in [9.17, 15) is 12.8 Å². The number of anilines is 1. The Balaban J connectivity index is 2.14. The fraction of sp³-hybridized carbons (Fsp3) is 0.333. The van der Waals surface area contributed by atoms with Crippen LogP contribution in [0, 0.1) is 5.82 Å². The molecule has 20 heavy (non-hydrogen) atoms. The molecular weight excluding hydrogens is 283 g/mol. The van der Waals surface area contributed by atoms with Crippen LogP contribution in [0.4, 0.5) is 10.1 Å². The maximum Gasteiger partial charge on any atom is 0.150 e.